The Morgan fingerprint density at radius 2 is 2.00 bits per heavy atom. The fourth-order valence-corrected chi connectivity index (χ4v) is 1.31. The molecule has 4 nitrogen and oxygen atoms in total. The highest BCUT2D eigenvalue weighted by Gasteiger charge is 2.06. The molecule has 0 aliphatic carbocycles. The van der Waals surface area contributed by atoms with Crippen molar-refractivity contribution in [1.29, 1.82) is 5.26 Å². The van der Waals surface area contributed by atoms with Crippen LogP contribution in [0.25, 0.3) is 11.4 Å². The van der Waals surface area contributed by atoms with Crippen molar-refractivity contribution in [2.45, 2.75) is 0 Å². The summed E-state index contributed by atoms with van der Waals surface area (Å²) in [6, 6.07) is 9.14. The van der Waals surface area contributed by atoms with E-state index in [-0.39, 0.29) is 5.28 Å². The van der Waals surface area contributed by atoms with E-state index in [4.69, 9.17) is 16.9 Å². The number of halogens is 1. The Morgan fingerprint density at radius 3 is 2.73 bits per heavy atom. The van der Waals surface area contributed by atoms with Crippen molar-refractivity contribution in [2.24, 2.45) is 0 Å². The first kappa shape index (κ1) is 9.56. The van der Waals surface area contributed by atoms with Crippen LogP contribution in [0.3, 0.4) is 0 Å². The van der Waals surface area contributed by atoms with Crippen molar-refractivity contribution < 1.29 is 0 Å². The maximum atomic E-state index is 8.89. The summed E-state index contributed by atoms with van der Waals surface area (Å²) in [7, 11) is 0. The van der Waals surface area contributed by atoms with Gasteiger partial charge in [0.25, 0.3) is 0 Å². The third-order valence-electron chi connectivity index (χ3n) is 1.83. The van der Waals surface area contributed by atoms with Crippen LogP contribution in [0.2, 0.25) is 5.28 Å². The summed E-state index contributed by atoms with van der Waals surface area (Å²) in [4.78, 5) is 11.6. The van der Waals surface area contributed by atoms with Crippen molar-refractivity contribution >= 4 is 11.6 Å². The van der Waals surface area contributed by atoms with Crippen LogP contribution in [0.1, 0.15) is 5.56 Å². The van der Waals surface area contributed by atoms with E-state index in [1.807, 2.05) is 6.07 Å². The Balaban J connectivity index is 2.60. The molecule has 0 saturated carbocycles. The Labute approximate surface area is 91.2 Å². The molecule has 0 saturated heterocycles. The second kappa shape index (κ2) is 4.03. The van der Waals surface area contributed by atoms with Gasteiger partial charge in [0, 0.05) is 5.56 Å². The standard InChI is InChI=1S/C10H5ClN4/c11-10-14-6-13-9(15-10)8-4-2-1-3-7(8)5-12/h1-4,6H. The number of rotatable bonds is 1. The maximum Gasteiger partial charge on any atom is 0.225 e. The molecule has 0 spiro atoms. The van der Waals surface area contributed by atoms with Gasteiger partial charge >= 0.3 is 0 Å². The number of nitrogens with zero attached hydrogens (tertiary/aromatic N) is 4. The van der Waals surface area contributed by atoms with E-state index in [2.05, 4.69) is 21.0 Å². The third kappa shape index (κ3) is 1.92. The van der Waals surface area contributed by atoms with Crippen LogP contribution in [0.15, 0.2) is 30.6 Å². The van der Waals surface area contributed by atoms with Gasteiger partial charge < -0.3 is 0 Å². The van der Waals surface area contributed by atoms with Gasteiger partial charge in [-0.2, -0.15) is 10.2 Å². The largest absolute Gasteiger partial charge is 0.225 e. The van der Waals surface area contributed by atoms with Crippen molar-refractivity contribution in [1.82, 2.24) is 15.0 Å². The lowest BCUT2D eigenvalue weighted by Crippen LogP contribution is -1.93. The maximum absolute atomic E-state index is 8.89. The first-order valence-corrected chi connectivity index (χ1v) is 4.53. The number of hydrogen-bond donors (Lipinski definition) is 0. The summed E-state index contributed by atoms with van der Waals surface area (Å²) in [5.41, 5.74) is 1.17. The summed E-state index contributed by atoms with van der Waals surface area (Å²) in [5, 5.41) is 9.01. The molecule has 0 aliphatic heterocycles. The molecular weight excluding hydrogens is 212 g/mol. The summed E-state index contributed by atoms with van der Waals surface area (Å²) in [6.45, 7) is 0. The predicted molar refractivity (Wildman–Crippen MR) is 55.0 cm³/mol. The van der Waals surface area contributed by atoms with E-state index < -0.39 is 0 Å². The van der Waals surface area contributed by atoms with Gasteiger partial charge in [0.05, 0.1) is 11.6 Å². The molecule has 0 bridgehead atoms. The first-order valence-electron chi connectivity index (χ1n) is 4.15. The Hall–Kier alpha value is -1.99. The van der Waals surface area contributed by atoms with Gasteiger partial charge in [-0.25, -0.2) is 9.97 Å². The molecule has 0 amide bonds. The lowest BCUT2D eigenvalue weighted by atomic mass is 10.1. The van der Waals surface area contributed by atoms with Crippen LogP contribution in [0, 0.1) is 11.3 Å². The normalized spacial score (nSPS) is 9.60. The van der Waals surface area contributed by atoms with E-state index in [1.165, 1.54) is 6.33 Å². The lowest BCUT2D eigenvalue weighted by molar-refractivity contribution is 1.06. The van der Waals surface area contributed by atoms with Crippen LogP contribution >= 0.6 is 11.6 Å². The number of nitriles is 1. The van der Waals surface area contributed by atoms with Gasteiger partial charge in [0.15, 0.2) is 5.82 Å². The molecular formula is C10H5ClN4. The lowest BCUT2D eigenvalue weighted by Gasteiger charge is -2.00. The van der Waals surface area contributed by atoms with Crippen LogP contribution in [0.4, 0.5) is 0 Å². The van der Waals surface area contributed by atoms with Crippen LogP contribution < -0.4 is 0 Å². The van der Waals surface area contributed by atoms with Crippen molar-refractivity contribution in [3.63, 3.8) is 0 Å². The monoisotopic (exact) mass is 216 g/mol. The van der Waals surface area contributed by atoms with E-state index in [1.54, 1.807) is 18.2 Å². The molecule has 72 valence electrons. The fourth-order valence-electron chi connectivity index (χ4n) is 1.18. The number of aromatic nitrogens is 3. The van der Waals surface area contributed by atoms with Gasteiger partial charge in [-0.1, -0.05) is 12.1 Å². The minimum Gasteiger partial charge on any atom is -0.216 e. The van der Waals surface area contributed by atoms with E-state index >= 15 is 0 Å². The second-order valence-electron chi connectivity index (χ2n) is 2.74. The minimum atomic E-state index is 0.118. The summed E-state index contributed by atoms with van der Waals surface area (Å²) >= 11 is 5.65. The van der Waals surface area contributed by atoms with Gasteiger partial charge in [0.2, 0.25) is 5.28 Å². The smallest absolute Gasteiger partial charge is 0.216 e. The van der Waals surface area contributed by atoms with E-state index in [0.29, 0.717) is 17.0 Å². The average molecular weight is 217 g/mol. The highest BCUT2D eigenvalue weighted by Crippen LogP contribution is 2.19. The quantitative estimate of drug-likeness (QED) is 0.732. The molecule has 0 fully saturated rings. The Morgan fingerprint density at radius 1 is 1.20 bits per heavy atom. The molecule has 2 aromatic rings. The molecule has 5 heteroatoms. The van der Waals surface area contributed by atoms with Crippen molar-refractivity contribution in [3.8, 4) is 17.5 Å². The van der Waals surface area contributed by atoms with Crippen LogP contribution in [0.5, 0.6) is 0 Å². The van der Waals surface area contributed by atoms with E-state index in [0.717, 1.165) is 0 Å². The SMILES string of the molecule is N#Cc1ccccc1-c1ncnc(Cl)n1. The zero-order valence-corrected chi connectivity index (χ0v) is 8.31. The van der Waals surface area contributed by atoms with Crippen LogP contribution in [-0.4, -0.2) is 15.0 Å². The molecule has 15 heavy (non-hydrogen) atoms. The predicted octanol–water partition coefficient (Wildman–Crippen LogP) is 2.06. The highest BCUT2D eigenvalue weighted by molar-refractivity contribution is 6.28. The molecule has 0 atom stereocenters. The zero-order chi connectivity index (χ0) is 10.7. The molecule has 0 aliphatic rings. The first-order chi connectivity index (χ1) is 7.31. The summed E-state index contributed by atoms with van der Waals surface area (Å²) < 4.78 is 0. The number of benzene rings is 1. The molecule has 1 aromatic carbocycles. The number of hydrogen-bond acceptors (Lipinski definition) is 4. The second-order valence-corrected chi connectivity index (χ2v) is 3.07. The van der Waals surface area contributed by atoms with Gasteiger partial charge in [0.1, 0.15) is 6.33 Å². The summed E-state index contributed by atoms with van der Waals surface area (Å²) in [6.07, 6.45) is 1.32. The molecule has 1 aromatic heterocycles. The fraction of sp³-hybridized carbons (Fsp3) is 0. The molecule has 1 heterocycles. The Kier molecular flexibility index (Phi) is 2.57. The Bertz CT molecular complexity index is 533. The topological polar surface area (TPSA) is 62.5 Å². The third-order valence-corrected chi connectivity index (χ3v) is 2.01. The van der Waals surface area contributed by atoms with Crippen LogP contribution in [-0.2, 0) is 0 Å². The molecule has 0 unspecified atom stereocenters. The molecule has 2 rings (SSSR count). The summed E-state index contributed by atoms with van der Waals surface area (Å²) in [5.74, 6) is 0.409. The highest BCUT2D eigenvalue weighted by atomic mass is 35.5. The minimum absolute atomic E-state index is 0.118. The van der Waals surface area contributed by atoms with Gasteiger partial charge in [-0.3, -0.25) is 0 Å². The molecule has 0 radical (unpaired) electrons. The van der Waals surface area contributed by atoms with Crippen molar-refractivity contribution in [2.75, 3.05) is 0 Å². The zero-order valence-electron chi connectivity index (χ0n) is 7.55. The van der Waals surface area contributed by atoms with E-state index in [9.17, 15) is 0 Å². The van der Waals surface area contributed by atoms with Gasteiger partial charge in [-0.05, 0) is 23.7 Å². The van der Waals surface area contributed by atoms with Crippen molar-refractivity contribution in [3.05, 3.63) is 41.4 Å². The van der Waals surface area contributed by atoms with Gasteiger partial charge in [-0.15, -0.1) is 0 Å². The average Bonchev–Trinajstić information content (AvgIpc) is 2.29. The molecule has 0 N–H and O–H groups in total.